The zero-order valence-corrected chi connectivity index (χ0v) is 17.5. The molecular formula is C18H27Cl2N5O4. The topological polar surface area (TPSA) is 117 Å². The third kappa shape index (κ3) is 6.31. The first kappa shape index (κ1) is 22.3. The van der Waals surface area contributed by atoms with Crippen molar-refractivity contribution in [2.24, 2.45) is 0 Å². The van der Waals surface area contributed by atoms with Gasteiger partial charge in [0.15, 0.2) is 11.5 Å². The Morgan fingerprint density at radius 2 is 1.48 bits per heavy atom. The summed E-state index contributed by atoms with van der Waals surface area (Å²) in [7, 11) is 0. The summed E-state index contributed by atoms with van der Waals surface area (Å²) in [6.07, 6.45) is 2.72. The van der Waals surface area contributed by atoms with Crippen molar-refractivity contribution in [3.05, 3.63) is 18.0 Å². The number of nitrogens with one attached hydrogen (secondary N) is 4. The Bertz CT molecular complexity index is 625. The number of rotatable bonds is 9. The Balaban J connectivity index is 1.61. The third-order valence-electron chi connectivity index (χ3n) is 4.90. The molecule has 2 saturated heterocycles. The minimum absolute atomic E-state index is 0.0414. The van der Waals surface area contributed by atoms with Gasteiger partial charge in [-0.3, -0.25) is 4.98 Å². The number of hydrogen-bond donors (Lipinski definition) is 5. The van der Waals surface area contributed by atoms with Gasteiger partial charge in [-0.2, -0.15) is 0 Å². The molecule has 4 unspecified atom stereocenters. The highest BCUT2D eigenvalue weighted by Crippen LogP contribution is 2.28. The lowest BCUT2D eigenvalue weighted by molar-refractivity contribution is 0.0686. The number of pyridine rings is 1. The number of ether oxygens (including phenoxy) is 2. The van der Waals surface area contributed by atoms with Crippen LogP contribution < -0.4 is 30.7 Å². The third-order valence-corrected chi connectivity index (χ3v) is 5.76. The Kier molecular flexibility index (Phi) is 8.58. The van der Waals surface area contributed by atoms with Crippen LogP contribution in [0.4, 0.5) is 0 Å². The van der Waals surface area contributed by atoms with Crippen molar-refractivity contribution >= 4 is 29.2 Å². The zero-order chi connectivity index (χ0) is 20.6. The van der Waals surface area contributed by atoms with Crippen LogP contribution in [0.15, 0.2) is 12.4 Å². The fourth-order valence-corrected chi connectivity index (χ4v) is 3.77. The Hall–Kier alpha value is -1.36. The molecule has 11 heteroatoms. The number of hydrogen-bond acceptors (Lipinski definition) is 8. The molecule has 2 fully saturated rings. The van der Waals surface area contributed by atoms with Gasteiger partial charge in [-0.25, -0.2) is 4.79 Å². The highest BCUT2D eigenvalue weighted by Gasteiger charge is 2.26. The maximum absolute atomic E-state index is 11.8. The predicted molar refractivity (Wildman–Crippen MR) is 111 cm³/mol. The maximum Gasteiger partial charge on any atom is 0.343 e. The molecule has 3 rings (SSSR count). The molecule has 4 atom stereocenters. The molecule has 1 aromatic rings. The smallest absolute Gasteiger partial charge is 0.343 e. The van der Waals surface area contributed by atoms with E-state index in [2.05, 4.69) is 26.3 Å². The Labute approximate surface area is 179 Å². The minimum Gasteiger partial charge on any atom is -0.489 e. The van der Waals surface area contributed by atoms with Gasteiger partial charge < -0.3 is 35.8 Å². The van der Waals surface area contributed by atoms with E-state index in [1.165, 1.54) is 12.4 Å². The molecule has 5 N–H and O–H groups in total. The lowest BCUT2D eigenvalue weighted by atomic mass is 10.1. The number of nitrogens with zero attached hydrogens (tertiary/aromatic N) is 1. The second kappa shape index (κ2) is 11.1. The minimum atomic E-state index is -1.16. The van der Waals surface area contributed by atoms with E-state index in [-0.39, 0.29) is 53.1 Å². The van der Waals surface area contributed by atoms with Crippen LogP contribution in [0.3, 0.4) is 0 Å². The molecule has 1 aromatic heterocycles. The molecule has 3 heterocycles. The monoisotopic (exact) mass is 447 g/mol. The molecule has 0 amide bonds. The van der Waals surface area contributed by atoms with Gasteiger partial charge in [-0.15, -0.1) is 23.2 Å². The first-order chi connectivity index (χ1) is 14.1. The number of alkyl halides is 2. The van der Waals surface area contributed by atoms with Crippen molar-refractivity contribution in [2.45, 2.75) is 22.8 Å². The van der Waals surface area contributed by atoms with Gasteiger partial charge in [0, 0.05) is 51.4 Å². The van der Waals surface area contributed by atoms with Gasteiger partial charge in [0.2, 0.25) is 0 Å². The molecule has 0 radical (unpaired) electrons. The van der Waals surface area contributed by atoms with Gasteiger partial charge in [-0.1, -0.05) is 0 Å². The van der Waals surface area contributed by atoms with Crippen molar-refractivity contribution in [1.82, 2.24) is 26.3 Å². The summed E-state index contributed by atoms with van der Waals surface area (Å²) in [6, 6.07) is 0.0828. The van der Waals surface area contributed by atoms with Crippen molar-refractivity contribution in [3.63, 3.8) is 0 Å². The highest BCUT2D eigenvalue weighted by atomic mass is 35.5. The molecule has 2 aliphatic rings. The lowest BCUT2D eigenvalue weighted by Crippen LogP contribution is -2.53. The van der Waals surface area contributed by atoms with Gasteiger partial charge in [0.1, 0.15) is 18.8 Å². The van der Waals surface area contributed by atoms with E-state index in [0.717, 1.165) is 39.3 Å². The molecule has 0 aromatic carbocycles. The average molecular weight is 448 g/mol. The fourth-order valence-electron chi connectivity index (χ4n) is 3.29. The van der Waals surface area contributed by atoms with E-state index in [1.807, 2.05) is 0 Å². The molecule has 0 aliphatic carbocycles. The standard InChI is InChI=1S/C18H27Cl2N5O4/c19-11(13-5-21-1-3-24-13)9-28-15-7-23-8-16(17(15)18(26)27)29-10-12(20)14-6-22-2-4-25-14/h7-8,11-14,21-22,24-25H,1-6,9-10H2,(H,26,27). The Morgan fingerprint density at radius 1 is 1.00 bits per heavy atom. The van der Waals surface area contributed by atoms with Crippen LogP contribution in [-0.2, 0) is 0 Å². The summed E-state index contributed by atoms with van der Waals surface area (Å²) in [5.74, 6) is -0.925. The zero-order valence-electron chi connectivity index (χ0n) is 16.0. The predicted octanol–water partition coefficient (Wildman–Crippen LogP) is -0.125. The van der Waals surface area contributed by atoms with Crippen molar-refractivity contribution in [1.29, 1.82) is 0 Å². The summed E-state index contributed by atoms with van der Waals surface area (Å²) >= 11 is 12.8. The molecule has 0 bridgehead atoms. The van der Waals surface area contributed by atoms with E-state index in [1.54, 1.807) is 0 Å². The number of aromatic nitrogens is 1. The molecule has 162 valence electrons. The van der Waals surface area contributed by atoms with Crippen LogP contribution >= 0.6 is 23.2 Å². The van der Waals surface area contributed by atoms with E-state index < -0.39 is 5.97 Å². The van der Waals surface area contributed by atoms with Crippen molar-refractivity contribution in [2.75, 3.05) is 52.5 Å². The molecular weight excluding hydrogens is 421 g/mol. The number of carbonyl (C=O) groups is 1. The van der Waals surface area contributed by atoms with E-state index in [4.69, 9.17) is 32.7 Å². The second-order valence-electron chi connectivity index (χ2n) is 7.00. The van der Waals surface area contributed by atoms with Gasteiger partial charge >= 0.3 is 5.97 Å². The van der Waals surface area contributed by atoms with Crippen molar-refractivity contribution in [3.8, 4) is 11.5 Å². The fraction of sp³-hybridized carbons (Fsp3) is 0.667. The van der Waals surface area contributed by atoms with Crippen LogP contribution in [0.5, 0.6) is 11.5 Å². The summed E-state index contributed by atoms with van der Waals surface area (Å²) in [4.78, 5) is 15.9. The Morgan fingerprint density at radius 3 is 1.86 bits per heavy atom. The summed E-state index contributed by atoms with van der Waals surface area (Å²) in [5, 5.41) is 22.2. The number of carboxylic acids is 1. The summed E-state index contributed by atoms with van der Waals surface area (Å²) in [5.41, 5.74) is -0.0859. The van der Waals surface area contributed by atoms with E-state index in [0.29, 0.717) is 0 Å². The molecule has 2 aliphatic heterocycles. The van der Waals surface area contributed by atoms with Gasteiger partial charge in [0.25, 0.3) is 0 Å². The number of aromatic carboxylic acids is 1. The van der Waals surface area contributed by atoms with Crippen LogP contribution in [0.2, 0.25) is 0 Å². The van der Waals surface area contributed by atoms with Crippen LogP contribution in [0.1, 0.15) is 10.4 Å². The average Bonchev–Trinajstić information content (AvgIpc) is 2.76. The van der Waals surface area contributed by atoms with Crippen LogP contribution in [0.25, 0.3) is 0 Å². The first-order valence-corrected chi connectivity index (χ1v) is 10.6. The second-order valence-corrected chi connectivity index (χ2v) is 8.12. The number of carboxylic acid groups (broad SMARTS) is 1. The lowest BCUT2D eigenvalue weighted by Gasteiger charge is -2.28. The van der Waals surface area contributed by atoms with Crippen LogP contribution in [0, 0.1) is 0 Å². The number of piperazine rings is 2. The maximum atomic E-state index is 11.8. The van der Waals surface area contributed by atoms with Crippen molar-refractivity contribution < 1.29 is 19.4 Å². The largest absolute Gasteiger partial charge is 0.489 e. The van der Waals surface area contributed by atoms with Gasteiger partial charge in [-0.05, 0) is 0 Å². The normalized spacial score (nSPS) is 24.5. The molecule has 0 saturated carbocycles. The number of halogens is 2. The summed E-state index contributed by atoms with van der Waals surface area (Å²) in [6.45, 7) is 5.17. The summed E-state index contributed by atoms with van der Waals surface area (Å²) < 4.78 is 11.4. The first-order valence-electron chi connectivity index (χ1n) is 9.69. The van der Waals surface area contributed by atoms with Crippen LogP contribution in [-0.4, -0.2) is 91.4 Å². The SMILES string of the molecule is O=C(O)c1c(OCC(Cl)C2CNCCN2)cncc1OCC(Cl)C1CNCCN1. The quantitative estimate of drug-likeness (QED) is 0.330. The van der Waals surface area contributed by atoms with E-state index in [9.17, 15) is 9.90 Å². The molecule has 29 heavy (non-hydrogen) atoms. The highest BCUT2D eigenvalue weighted by molar-refractivity contribution is 6.21. The van der Waals surface area contributed by atoms with E-state index >= 15 is 0 Å². The molecule has 9 nitrogen and oxygen atoms in total. The van der Waals surface area contributed by atoms with Gasteiger partial charge in [0.05, 0.1) is 23.1 Å². The molecule has 0 spiro atoms.